The molecule has 0 aliphatic heterocycles. The molecule has 3 nitrogen and oxygen atoms in total. The van der Waals surface area contributed by atoms with Crippen molar-refractivity contribution >= 4 is 35.3 Å². The average molecular weight is 321 g/mol. The van der Waals surface area contributed by atoms with Crippen LogP contribution in [-0.2, 0) is 0 Å². The number of hydrogen-bond acceptors (Lipinski definition) is 2. The second-order valence-corrected chi connectivity index (χ2v) is 5.36. The van der Waals surface area contributed by atoms with Crippen LogP contribution in [0, 0.1) is 0 Å². The molecule has 1 unspecified atom stereocenters. The van der Waals surface area contributed by atoms with Gasteiger partial charge in [0.1, 0.15) is 0 Å². The molecule has 1 N–H and O–H groups in total. The molecule has 2 aromatic carbocycles. The molecule has 1 atom stereocenters. The Morgan fingerprint density at radius 2 is 1.86 bits per heavy atom. The fourth-order valence-corrected chi connectivity index (χ4v) is 2.05. The predicted octanol–water partition coefficient (Wildman–Crippen LogP) is 4.51. The third-order valence-corrected chi connectivity index (χ3v) is 3.71. The van der Waals surface area contributed by atoms with Gasteiger partial charge in [0.15, 0.2) is 0 Å². The van der Waals surface area contributed by atoms with Crippen LogP contribution in [0.25, 0.3) is 0 Å². The van der Waals surface area contributed by atoms with E-state index < -0.39 is 0 Å². The molecule has 0 aromatic heterocycles. The fraction of sp³-hybridized carbons (Fsp3) is 0.125. The minimum Gasteiger partial charge on any atom is -0.267 e. The summed E-state index contributed by atoms with van der Waals surface area (Å²) >= 11 is 11.7. The number of halogens is 2. The van der Waals surface area contributed by atoms with Gasteiger partial charge in [-0.25, -0.2) is 5.43 Å². The smallest absolute Gasteiger partial charge is 0.267 e. The summed E-state index contributed by atoms with van der Waals surface area (Å²) in [6.45, 7) is 2.00. The highest BCUT2D eigenvalue weighted by atomic mass is 35.5. The van der Waals surface area contributed by atoms with Gasteiger partial charge in [-0.05, 0) is 23.8 Å². The molecule has 0 bridgehead atoms. The number of rotatable bonds is 4. The number of hydrogen-bond donors (Lipinski definition) is 1. The van der Waals surface area contributed by atoms with Gasteiger partial charge >= 0.3 is 0 Å². The lowest BCUT2D eigenvalue weighted by Gasteiger charge is -2.05. The number of nitrogens with one attached hydrogen (secondary N) is 1. The minimum atomic E-state index is -0.329. The Balaban J connectivity index is 1.97. The highest BCUT2D eigenvalue weighted by molar-refractivity contribution is 6.42. The zero-order chi connectivity index (χ0) is 15.2. The second-order valence-electron chi connectivity index (χ2n) is 4.55. The summed E-state index contributed by atoms with van der Waals surface area (Å²) in [4.78, 5) is 11.9. The molecule has 0 radical (unpaired) electrons. The van der Waals surface area contributed by atoms with Crippen LogP contribution in [0.2, 0.25) is 10.0 Å². The largest absolute Gasteiger partial charge is 0.271 e. The van der Waals surface area contributed by atoms with Crippen LogP contribution < -0.4 is 5.43 Å². The van der Waals surface area contributed by atoms with Gasteiger partial charge in [-0.2, -0.15) is 5.10 Å². The molecular formula is C16H14Cl2N2O. The zero-order valence-electron chi connectivity index (χ0n) is 11.4. The number of carbonyl (C=O) groups excluding carboxylic acids is 1. The summed E-state index contributed by atoms with van der Waals surface area (Å²) in [6.07, 6.45) is 1.69. The van der Waals surface area contributed by atoms with Gasteiger partial charge in [-0.1, -0.05) is 60.5 Å². The minimum absolute atomic E-state index is 0.111. The molecule has 0 aliphatic rings. The Morgan fingerprint density at radius 1 is 1.14 bits per heavy atom. The van der Waals surface area contributed by atoms with Crippen molar-refractivity contribution in [2.75, 3.05) is 0 Å². The normalized spacial score (nSPS) is 12.3. The molecule has 2 rings (SSSR count). The van der Waals surface area contributed by atoms with Crippen LogP contribution in [0.5, 0.6) is 0 Å². The predicted molar refractivity (Wildman–Crippen MR) is 87.3 cm³/mol. The summed E-state index contributed by atoms with van der Waals surface area (Å²) in [6, 6.07) is 14.6. The highest BCUT2D eigenvalue weighted by Gasteiger charge is 2.07. The van der Waals surface area contributed by atoms with Crippen molar-refractivity contribution in [2.45, 2.75) is 12.8 Å². The van der Waals surface area contributed by atoms with Crippen molar-refractivity contribution in [2.24, 2.45) is 5.10 Å². The molecule has 0 spiro atoms. The van der Waals surface area contributed by atoms with Crippen LogP contribution in [0.3, 0.4) is 0 Å². The topological polar surface area (TPSA) is 41.5 Å². The number of amides is 1. The molecule has 21 heavy (non-hydrogen) atoms. The molecule has 108 valence electrons. The number of hydrazone groups is 1. The summed E-state index contributed by atoms with van der Waals surface area (Å²) in [5.74, 6) is -0.217. The Morgan fingerprint density at radius 3 is 2.52 bits per heavy atom. The van der Waals surface area contributed by atoms with Crippen LogP contribution in [0.1, 0.15) is 28.8 Å². The molecule has 1 amide bonds. The standard InChI is InChI=1S/C16H14Cl2N2O/c1-11(12-5-3-2-4-6-12)10-19-20-16(21)13-7-8-14(17)15(18)9-13/h2-11H,1H3,(H,20,21). The Bertz CT molecular complexity index is 657. The van der Waals surface area contributed by atoms with Gasteiger partial charge in [0.25, 0.3) is 5.91 Å². The molecule has 0 saturated heterocycles. The second kappa shape index (κ2) is 7.25. The quantitative estimate of drug-likeness (QED) is 0.653. The van der Waals surface area contributed by atoms with E-state index in [-0.39, 0.29) is 11.8 Å². The lowest BCUT2D eigenvalue weighted by molar-refractivity contribution is 0.0955. The van der Waals surface area contributed by atoms with E-state index in [9.17, 15) is 4.79 Å². The lowest BCUT2D eigenvalue weighted by atomic mass is 10.0. The Kier molecular flexibility index (Phi) is 5.37. The van der Waals surface area contributed by atoms with Crippen molar-refractivity contribution in [1.82, 2.24) is 5.43 Å². The number of benzene rings is 2. The van der Waals surface area contributed by atoms with E-state index in [1.54, 1.807) is 18.3 Å². The van der Waals surface area contributed by atoms with E-state index in [2.05, 4.69) is 10.5 Å². The van der Waals surface area contributed by atoms with E-state index in [1.165, 1.54) is 6.07 Å². The molecule has 0 saturated carbocycles. The molecule has 5 heteroatoms. The number of carbonyl (C=O) groups is 1. The van der Waals surface area contributed by atoms with Gasteiger partial charge in [-0.15, -0.1) is 0 Å². The first-order valence-corrected chi connectivity index (χ1v) is 7.17. The van der Waals surface area contributed by atoms with E-state index in [0.29, 0.717) is 15.6 Å². The molecule has 0 aliphatic carbocycles. The van der Waals surface area contributed by atoms with Crippen LogP contribution in [0.4, 0.5) is 0 Å². The molecule has 0 heterocycles. The van der Waals surface area contributed by atoms with Crippen molar-refractivity contribution in [1.29, 1.82) is 0 Å². The SMILES string of the molecule is CC(C=NNC(=O)c1ccc(Cl)c(Cl)c1)c1ccccc1. The third-order valence-electron chi connectivity index (χ3n) is 2.97. The third kappa shape index (κ3) is 4.31. The van der Waals surface area contributed by atoms with Crippen molar-refractivity contribution < 1.29 is 4.79 Å². The molecule has 0 fully saturated rings. The maximum Gasteiger partial charge on any atom is 0.271 e. The van der Waals surface area contributed by atoms with E-state index in [0.717, 1.165) is 5.56 Å². The highest BCUT2D eigenvalue weighted by Crippen LogP contribution is 2.22. The van der Waals surface area contributed by atoms with Crippen LogP contribution >= 0.6 is 23.2 Å². The van der Waals surface area contributed by atoms with Gasteiger partial charge in [-0.3, -0.25) is 4.79 Å². The summed E-state index contributed by atoms with van der Waals surface area (Å²) in [5, 5.41) is 4.73. The van der Waals surface area contributed by atoms with E-state index in [1.807, 2.05) is 37.3 Å². The van der Waals surface area contributed by atoms with E-state index in [4.69, 9.17) is 23.2 Å². The summed E-state index contributed by atoms with van der Waals surface area (Å²) < 4.78 is 0. The van der Waals surface area contributed by atoms with Gasteiger partial charge in [0.2, 0.25) is 0 Å². The maximum absolute atomic E-state index is 11.9. The fourth-order valence-electron chi connectivity index (χ4n) is 1.75. The number of nitrogens with zero attached hydrogens (tertiary/aromatic N) is 1. The Labute approximate surface area is 133 Å². The average Bonchev–Trinajstić information content (AvgIpc) is 2.50. The molecule has 2 aromatic rings. The first kappa shape index (κ1) is 15.5. The van der Waals surface area contributed by atoms with Gasteiger partial charge in [0.05, 0.1) is 10.0 Å². The van der Waals surface area contributed by atoms with Crippen molar-refractivity contribution in [3.8, 4) is 0 Å². The van der Waals surface area contributed by atoms with Gasteiger partial charge < -0.3 is 0 Å². The maximum atomic E-state index is 11.9. The Hall–Kier alpha value is -1.84. The monoisotopic (exact) mass is 320 g/mol. The first-order chi connectivity index (χ1) is 10.1. The summed E-state index contributed by atoms with van der Waals surface area (Å²) in [7, 11) is 0. The van der Waals surface area contributed by atoms with Crippen molar-refractivity contribution in [3.05, 3.63) is 69.7 Å². The zero-order valence-corrected chi connectivity index (χ0v) is 12.9. The van der Waals surface area contributed by atoms with Crippen LogP contribution in [0.15, 0.2) is 53.6 Å². The first-order valence-electron chi connectivity index (χ1n) is 6.41. The molecular weight excluding hydrogens is 307 g/mol. The van der Waals surface area contributed by atoms with Gasteiger partial charge in [0, 0.05) is 17.7 Å². The van der Waals surface area contributed by atoms with Crippen LogP contribution in [-0.4, -0.2) is 12.1 Å². The van der Waals surface area contributed by atoms with E-state index >= 15 is 0 Å². The lowest BCUT2D eigenvalue weighted by Crippen LogP contribution is -2.18. The van der Waals surface area contributed by atoms with Crippen molar-refractivity contribution in [3.63, 3.8) is 0 Å². The summed E-state index contributed by atoms with van der Waals surface area (Å²) in [5.41, 5.74) is 4.02.